The number of primary amides is 1. The lowest BCUT2D eigenvalue weighted by Gasteiger charge is -2.38. The number of ether oxygens (including phenoxy) is 2. The highest BCUT2D eigenvalue weighted by Crippen LogP contribution is 2.29. The molecule has 3 atom stereocenters. The number of rotatable bonds is 11. The Morgan fingerprint density at radius 2 is 1.62 bits per heavy atom. The number of nitrogens with two attached hydrogens (primary N) is 1. The molecule has 4 amide bonds. The number of nitrogens with zero attached hydrogens (tertiary/aromatic N) is 1. The molecule has 2 aromatic rings. The molecular weight excluding hydrogens is 512 g/mol. The van der Waals surface area contributed by atoms with E-state index in [-0.39, 0.29) is 0 Å². The van der Waals surface area contributed by atoms with Gasteiger partial charge in [0.05, 0.1) is 13.5 Å². The minimum absolute atomic E-state index is 0.448. The normalized spacial score (nSPS) is 13.4. The van der Waals surface area contributed by atoms with Crippen molar-refractivity contribution in [2.75, 3.05) is 12.4 Å². The second-order valence-electron chi connectivity index (χ2n) is 10.8. The summed E-state index contributed by atoms with van der Waals surface area (Å²) in [7, 11) is 1.55. The maximum atomic E-state index is 14.1. The van der Waals surface area contributed by atoms with Crippen molar-refractivity contribution in [1.29, 1.82) is 0 Å². The van der Waals surface area contributed by atoms with Gasteiger partial charge >= 0.3 is 6.09 Å². The Morgan fingerprint density at radius 3 is 2.12 bits per heavy atom. The molecule has 0 radical (unpaired) electrons. The molecule has 0 aliphatic heterocycles. The number of benzene rings is 2. The highest BCUT2D eigenvalue weighted by atomic mass is 16.6. The number of alkyl carbamates (subject to hydrolysis) is 1. The third kappa shape index (κ3) is 9.00. The number of anilines is 1. The molecule has 40 heavy (non-hydrogen) atoms. The van der Waals surface area contributed by atoms with Crippen LogP contribution in [0.2, 0.25) is 0 Å². The van der Waals surface area contributed by atoms with Crippen LogP contribution < -0.4 is 21.1 Å². The van der Waals surface area contributed by atoms with E-state index in [0.717, 1.165) is 11.1 Å². The summed E-state index contributed by atoms with van der Waals surface area (Å²) in [5.74, 6) is -1.25. The quantitative estimate of drug-likeness (QED) is 0.376. The average molecular weight is 555 g/mol. The Bertz CT molecular complexity index is 1210. The molecule has 0 bridgehead atoms. The molecule has 0 saturated carbocycles. The van der Waals surface area contributed by atoms with Crippen LogP contribution in [0.25, 0.3) is 0 Å². The zero-order valence-electron chi connectivity index (χ0n) is 24.7. The predicted octanol–water partition coefficient (Wildman–Crippen LogP) is 4.39. The van der Waals surface area contributed by atoms with Crippen molar-refractivity contribution in [3.05, 3.63) is 59.2 Å². The molecule has 218 valence electrons. The summed E-state index contributed by atoms with van der Waals surface area (Å²) >= 11 is 0. The smallest absolute Gasteiger partial charge is 0.408 e. The van der Waals surface area contributed by atoms with Crippen LogP contribution in [0, 0.1) is 13.8 Å². The van der Waals surface area contributed by atoms with E-state index in [9.17, 15) is 19.2 Å². The highest BCUT2D eigenvalue weighted by molar-refractivity contribution is 6.00. The van der Waals surface area contributed by atoms with E-state index in [2.05, 4.69) is 10.6 Å². The van der Waals surface area contributed by atoms with Crippen LogP contribution in [-0.2, 0) is 19.1 Å². The Hall–Kier alpha value is -4.08. The van der Waals surface area contributed by atoms with E-state index in [1.807, 2.05) is 32.9 Å². The van der Waals surface area contributed by atoms with Gasteiger partial charge in [0.25, 0.3) is 5.91 Å². The van der Waals surface area contributed by atoms with E-state index in [4.69, 9.17) is 15.2 Å². The van der Waals surface area contributed by atoms with Crippen molar-refractivity contribution >= 4 is 29.5 Å². The summed E-state index contributed by atoms with van der Waals surface area (Å²) in [6.45, 7) is 12.6. The molecule has 0 aromatic heterocycles. The Kier molecular flexibility index (Phi) is 11.1. The van der Waals surface area contributed by atoms with Crippen LogP contribution in [0.4, 0.5) is 10.5 Å². The molecule has 0 fully saturated rings. The van der Waals surface area contributed by atoms with Crippen molar-refractivity contribution in [2.24, 2.45) is 5.73 Å². The van der Waals surface area contributed by atoms with Crippen molar-refractivity contribution in [3.8, 4) is 5.75 Å². The first-order chi connectivity index (χ1) is 18.7. The van der Waals surface area contributed by atoms with Crippen molar-refractivity contribution in [2.45, 2.75) is 85.0 Å². The van der Waals surface area contributed by atoms with Gasteiger partial charge in [0.1, 0.15) is 23.4 Å². The van der Waals surface area contributed by atoms with Gasteiger partial charge in [0.2, 0.25) is 11.8 Å². The van der Waals surface area contributed by atoms with E-state index < -0.39 is 54.0 Å². The lowest BCUT2D eigenvalue weighted by molar-refractivity contribution is -0.144. The predicted molar refractivity (Wildman–Crippen MR) is 154 cm³/mol. The minimum Gasteiger partial charge on any atom is -0.497 e. The summed E-state index contributed by atoms with van der Waals surface area (Å²) in [6.07, 6.45) is -0.842. The van der Waals surface area contributed by atoms with Crippen LogP contribution in [0.5, 0.6) is 5.75 Å². The standard InChI is InChI=1S/C30H42N4O6/c1-9-20(4)34(28(37)24(17-25(31)35)33-29(38)40-30(5,6)7)26(21-11-10-18(2)19(3)16-21)27(36)32-22-12-14-23(39-8)15-13-22/h10-16,20,24,26H,9,17H2,1-8H3,(H2,31,35)(H,32,36)(H,33,38). The fourth-order valence-electron chi connectivity index (χ4n) is 4.08. The lowest BCUT2D eigenvalue weighted by atomic mass is 9.96. The number of hydrogen-bond acceptors (Lipinski definition) is 6. The average Bonchev–Trinajstić information content (AvgIpc) is 2.86. The number of carbonyl (C=O) groups excluding carboxylic acids is 4. The van der Waals surface area contributed by atoms with E-state index >= 15 is 0 Å². The number of carbonyl (C=O) groups is 4. The number of methoxy groups -OCH3 is 1. The molecular formula is C30H42N4O6. The third-order valence-electron chi connectivity index (χ3n) is 6.45. The molecule has 4 N–H and O–H groups in total. The second-order valence-corrected chi connectivity index (χ2v) is 10.8. The molecule has 2 rings (SSSR count). The summed E-state index contributed by atoms with van der Waals surface area (Å²) in [4.78, 5) is 54.1. The molecule has 3 unspecified atom stereocenters. The minimum atomic E-state index is -1.34. The van der Waals surface area contributed by atoms with Gasteiger partial charge in [-0.1, -0.05) is 25.1 Å². The second kappa shape index (κ2) is 13.8. The fraction of sp³-hybridized carbons (Fsp3) is 0.467. The Morgan fingerprint density at radius 1 is 1.00 bits per heavy atom. The zero-order valence-corrected chi connectivity index (χ0v) is 24.7. The fourth-order valence-corrected chi connectivity index (χ4v) is 4.08. The maximum Gasteiger partial charge on any atom is 0.408 e. The number of amides is 4. The topological polar surface area (TPSA) is 140 Å². The maximum absolute atomic E-state index is 14.1. The van der Waals surface area contributed by atoms with Crippen molar-refractivity contribution < 1.29 is 28.7 Å². The van der Waals surface area contributed by atoms with Crippen molar-refractivity contribution in [1.82, 2.24) is 10.2 Å². The van der Waals surface area contributed by atoms with Gasteiger partial charge in [-0.2, -0.15) is 0 Å². The van der Waals surface area contributed by atoms with Crippen LogP contribution in [-0.4, -0.2) is 53.5 Å². The van der Waals surface area contributed by atoms with Crippen LogP contribution >= 0.6 is 0 Å². The monoisotopic (exact) mass is 554 g/mol. The first-order valence-electron chi connectivity index (χ1n) is 13.3. The van der Waals surface area contributed by atoms with Gasteiger partial charge in [-0.25, -0.2) is 4.79 Å². The van der Waals surface area contributed by atoms with E-state index in [1.54, 1.807) is 65.1 Å². The van der Waals surface area contributed by atoms with Crippen LogP contribution in [0.15, 0.2) is 42.5 Å². The number of hydrogen-bond donors (Lipinski definition) is 3. The van der Waals surface area contributed by atoms with Crippen molar-refractivity contribution in [3.63, 3.8) is 0 Å². The molecule has 0 aliphatic rings. The summed E-state index contributed by atoms with van der Waals surface area (Å²) in [5, 5.41) is 5.39. The first kappa shape index (κ1) is 32.1. The molecule has 0 saturated heterocycles. The summed E-state index contributed by atoms with van der Waals surface area (Å²) < 4.78 is 10.5. The molecule has 0 spiro atoms. The Labute approximate surface area is 236 Å². The van der Waals surface area contributed by atoms with Gasteiger partial charge in [0, 0.05) is 11.7 Å². The number of nitrogens with one attached hydrogen (secondary N) is 2. The van der Waals surface area contributed by atoms with Crippen LogP contribution in [0.3, 0.4) is 0 Å². The number of aryl methyl sites for hydroxylation is 2. The summed E-state index contributed by atoms with van der Waals surface area (Å²) in [6, 6.07) is 9.50. The molecule has 0 heterocycles. The van der Waals surface area contributed by atoms with Crippen LogP contribution in [0.1, 0.15) is 70.2 Å². The largest absolute Gasteiger partial charge is 0.497 e. The third-order valence-corrected chi connectivity index (χ3v) is 6.45. The van der Waals surface area contributed by atoms with Gasteiger partial charge in [-0.3, -0.25) is 14.4 Å². The summed E-state index contributed by atoms with van der Waals surface area (Å²) in [5.41, 5.74) is 7.69. The Balaban J connectivity index is 2.59. The van der Waals surface area contributed by atoms with E-state index in [1.165, 1.54) is 4.90 Å². The zero-order chi connectivity index (χ0) is 30.2. The molecule has 2 aromatic carbocycles. The molecule has 10 nitrogen and oxygen atoms in total. The lowest BCUT2D eigenvalue weighted by Crippen LogP contribution is -2.55. The van der Waals surface area contributed by atoms with E-state index in [0.29, 0.717) is 23.4 Å². The van der Waals surface area contributed by atoms with Gasteiger partial charge in [-0.05, 0) is 88.9 Å². The molecule has 10 heteroatoms. The van der Waals surface area contributed by atoms with Gasteiger partial charge < -0.3 is 30.7 Å². The highest BCUT2D eigenvalue weighted by Gasteiger charge is 2.39. The first-order valence-corrected chi connectivity index (χ1v) is 13.3. The SMILES string of the molecule is CCC(C)N(C(=O)C(CC(N)=O)NC(=O)OC(C)(C)C)C(C(=O)Nc1ccc(OC)cc1)c1ccc(C)c(C)c1. The van der Waals surface area contributed by atoms with Gasteiger partial charge in [-0.15, -0.1) is 0 Å². The van der Waals surface area contributed by atoms with Gasteiger partial charge in [0.15, 0.2) is 0 Å². The molecule has 0 aliphatic carbocycles.